The van der Waals surface area contributed by atoms with Crippen molar-refractivity contribution in [3.63, 3.8) is 0 Å². The minimum atomic E-state index is -1.01. The van der Waals surface area contributed by atoms with Crippen LogP contribution in [0.25, 0.3) is 109 Å². The van der Waals surface area contributed by atoms with Crippen molar-refractivity contribution in [2.24, 2.45) is 0 Å². The molecule has 15 nitrogen and oxygen atoms in total. The number of aryl methyl sites for hydroxylation is 8. The number of phenolic OH excluding ortho intramolecular Hbond substituents is 4. The number of phenols is 4. The van der Waals surface area contributed by atoms with E-state index in [0.29, 0.717) is 36.2 Å². The molecule has 0 saturated carbocycles. The highest BCUT2D eigenvalue weighted by Crippen LogP contribution is 2.47. The Labute approximate surface area is 731 Å². The summed E-state index contributed by atoms with van der Waals surface area (Å²) in [5.74, 6) is -2.55. The van der Waals surface area contributed by atoms with Crippen LogP contribution in [0.5, 0.6) is 23.0 Å². The fourth-order valence-corrected chi connectivity index (χ4v) is 19.4. The molecule has 16 aromatic rings. The molecule has 0 fully saturated rings. The molecule has 0 atom stereocenters. The molecular formula is C105H82O15S4. The largest absolute Gasteiger partial charge is 0.508 e. The summed E-state index contributed by atoms with van der Waals surface area (Å²) in [5, 5.41) is 69.9. The molecule has 19 heteroatoms. The van der Waals surface area contributed by atoms with Crippen LogP contribution >= 0.6 is 45.3 Å². The first kappa shape index (κ1) is 87.2. The second-order valence-corrected chi connectivity index (χ2v) is 34.1. The molecule has 7 N–H and O–H groups in total. The number of carboxylic acids is 3. The number of ketones is 5. The van der Waals surface area contributed by atoms with Crippen LogP contribution in [0.2, 0.25) is 0 Å². The Morgan fingerprint density at radius 1 is 0.266 bits per heavy atom. The number of allylic oxidation sites excluding steroid dienone is 1. The Morgan fingerprint density at radius 2 is 0.540 bits per heavy atom. The summed E-state index contributed by atoms with van der Waals surface area (Å²) in [4.78, 5) is 100. The van der Waals surface area contributed by atoms with Crippen molar-refractivity contribution in [1.29, 1.82) is 0 Å². The SMILES string of the molecule is CC(=O)/C=C/c1ccc(-c2c(C(=O)c3c(C)cccc3C)sc3cc(O)ccc23)cc1.Cc1ccc(C(=O)c2sc3cc(O)ccc3c2-c2ccc(/C=C/C(=O)O)cc2)c(C)c1.Cc1ccc(C)c(C(=O)c2sc3cc(O)ccc3c2-c2ccc(/C=C/C(=O)O)cc2)c1.Cc1ccc(C)c(C(=O)c2sc3cc(O)ccc3c2-c2ccc(/C=C/C(=O)O)cc2)c1. The van der Waals surface area contributed by atoms with Gasteiger partial charge in [-0.2, -0.15) is 0 Å². The third-order valence-corrected chi connectivity index (χ3v) is 25.3. The van der Waals surface area contributed by atoms with Crippen LogP contribution in [0, 0.1) is 55.4 Å². The van der Waals surface area contributed by atoms with E-state index in [9.17, 15) is 58.8 Å². The van der Waals surface area contributed by atoms with Crippen LogP contribution in [0.4, 0.5) is 0 Å². The average molecular weight is 1710 g/mol. The van der Waals surface area contributed by atoms with E-state index in [1.807, 2.05) is 250 Å². The maximum Gasteiger partial charge on any atom is 0.328 e. The normalized spacial score (nSPS) is 11.3. The molecule has 616 valence electrons. The van der Waals surface area contributed by atoms with E-state index in [2.05, 4.69) is 0 Å². The molecule has 0 aliphatic carbocycles. The van der Waals surface area contributed by atoms with Crippen molar-refractivity contribution in [3.05, 3.63) is 375 Å². The molecular weight excluding hydrogens is 1630 g/mol. The average Bonchev–Trinajstić information content (AvgIpc) is 1.63. The van der Waals surface area contributed by atoms with Crippen molar-refractivity contribution in [3.8, 4) is 67.5 Å². The van der Waals surface area contributed by atoms with Gasteiger partial charge in [-0.05, 0) is 244 Å². The van der Waals surface area contributed by atoms with Crippen molar-refractivity contribution >= 4 is 157 Å². The second kappa shape index (κ2) is 38.0. The van der Waals surface area contributed by atoms with Gasteiger partial charge in [0.25, 0.3) is 0 Å². The summed E-state index contributed by atoms with van der Waals surface area (Å²) in [7, 11) is 0. The zero-order valence-electron chi connectivity index (χ0n) is 68.7. The van der Waals surface area contributed by atoms with Gasteiger partial charge in [0.15, 0.2) is 5.78 Å². The van der Waals surface area contributed by atoms with Gasteiger partial charge in [-0.15, -0.1) is 45.3 Å². The molecule has 12 aromatic carbocycles. The Morgan fingerprint density at radius 3 is 0.831 bits per heavy atom. The maximum atomic E-state index is 13.7. The molecule has 16 rings (SSSR count). The van der Waals surface area contributed by atoms with Crippen LogP contribution in [0.15, 0.2) is 267 Å². The number of aliphatic carboxylic acids is 3. The summed E-state index contributed by atoms with van der Waals surface area (Å²) in [6.07, 6.45) is 11.2. The van der Waals surface area contributed by atoms with Crippen LogP contribution in [-0.2, 0) is 19.2 Å². The molecule has 0 aliphatic rings. The number of hydrogen-bond donors (Lipinski definition) is 7. The monoisotopic (exact) mass is 1710 g/mol. The number of hydrogen-bond acceptors (Lipinski definition) is 16. The number of carbonyl (C=O) groups is 8. The summed E-state index contributed by atoms with van der Waals surface area (Å²) in [6.45, 7) is 17.1. The van der Waals surface area contributed by atoms with Crippen LogP contribution in [-0.4, -0.2) is 82.6 Å². The lowest BCUT2D eigenvalue weighted by Gasteiger charge is -2.10. The van der Waals surface area contributed by atoms with Gasteiger partial charge in [-0.25, -0.2) is 14.4 Å². The second-order valence-electron chi connectivity index (χ2n) is 29.9. The van der Waals surface area contributed by atoms with Gasteiger partial charge in [0.2, 0.25) is 23.1 Å². The van der Waals surface area contributed by atoms with E-state index in [0.717, 1.165) is 175 Å². The fourth-order valence-electron chi connectivity index (χ4n) is 14.6. The fraction of sp³-hybridized carbons (Fsp3) is 0.0857. The van der Waals surface area contributed by atoms with Gasteiger partial charge in [0, 0.05) is 103 Å². The van der Waals surface area contributed by atoms with Crippen molar-refractivity contribution in [1.82, 2.24) is 0 Å². The van der Waals surface area contributed by atoms with Gasteiger partial charge in [0.1, 0.15) is 23.0 Å². The summed E-state index contributed by atoms with van der Waals surface area (Å²) < 4.78 is 3.36. The first-order chi connectivity index (χ1) is 59.3. The minimum absolute atomic E-state index is 0.00537. The molecule has 0 radical (unpaired) electrons. The Kier molecular flexibility index (Phi) is 26.7. The van der Waals surface area contributed by atoms with E-state index in [1.54, 1.807) is 54.6 Å². The van der Waals surface area contributed by atoms with Gasteiger partial charge in [-0.1, -0.05) is 180 Å². The lowest BCUT2D eigenvalue weighted by molar-refractivity contribution is -0.132. The van der Waals surface area contributed by atoms with E-state index in [1.165, 1.54) is 76.6 Å². The third-order valence-electron chi connectivity index (χ3n) is 20.7. The quantitative estimate of drug-likeness (QED) is 0.0276. The topological polar surface area (TPSA) is 278 Å². The summed E-state index contributed by atoms with van der Waals surface area (Å²) in [6, 6.07) is 74.0. The van der Waals surface area contributed by atoms with Crippen molar-refractivity contribution in [2.75, 3.05) is 0 Å². The molecule has 0 spiro atoms. The Balaban J connectivity index is 0.000000142. The van der Waals surface area contributed by atoms with Gasteiger partial charge in [-0.3, -0.25) is 24.0 Å². The number of benzene rings is 12. The molecule has 0 aliphatic heterocycles. The smallest absolute Gasteiger partial charge is 0.328 e. The Hall–Kier alpha value is -14.6. The maximum absolute atomic E-state index is 13.7. The highest BCUT2D eigenvalue weighted by Gasteiger charge is 2.28. The zero-order chi connectivity index (χ0) is 88.5. The molecule has 0 saturated heterocycles. The first-order valence-electron chi connectivity index (χ1n) is 39.2. The summed E-state index contributed by atoms with van der Waals surface area (Å²) in [5.41, 5.74) is 20.5. The van der Waals surface area contributed by atoms with Gasteiger partial charge < -0.3 is 35.7 Å². The third kappa shape index (κ3) is 20.0. The minimum Gasteiger partial charge on any atom is -0.508 e. The lowest BCUT2D eigenvalue weighted by atomic mass is 9.93. The zero-order valence-corrected chi connectivity index (χ0v) is 72.0. The van der Waals surface area contributed by atoms with E-state index >= 15 is 0 Å². The highest BCUT2D eigenvalue weighted by atomic mass is 32.1. The van der Waals surface area contributed by atoms with Crippen LogP contribution in [0.3, 0.4) is 0 Å². The number of thiophene rings is 4. The van der Waals surface area contributed by atoms with Crippen molar-refractivity contribution in [2.45, 2.75) is 62.3 Å². The molecule has 124 heavy (non-hydrogen) atoms. The molecule has 4 aromatic heterocycles. The van der Waals surface area contributed by atoms with Crippen LogP contribution in [0.1, 0.15) is 135 Å². The van der Waals surface area contributed by atoms with Crippen LogP contribution < -0.4 is 0 Å². The van der Waals surface area contributed by atoms with E-state index in [-0.39, 0.29) is 51.9 Å². The number of aromatic hydroxyl groups is 4. The van der Waals surface area contributed by atoms with Crippen molar-refractivity contribution < 1.29 is 74.1 Å². The molecule has 0 amide bonds. The standard InChI is InChI=1S/C27H22O3S.3C26H20O4S/c1-16-5-4-6-17(2)24(16)26(30)27-25(22-14-13-21(29)15-23(22)31-27)20-11-9-19(10-12-20)8-7-18(3)28;1-15-3-10-20(16(2)13-15)25(30)26-24(21-11-9-19(27)14-22(21)31-26)18-7-4-17(5-8-18)6-12-23(28)29;2*1-15-3-4-16(2)21(13-15)25(30)26-24(20-11-10-19(27)14-22(20)31-26)18-8-5-17(6-9-18)7-12-23(28)29/h4-15,29H,1-3H3;3*3-14,27H,1-2H3,(H,28,29)/b8-7+;12-6+;2*12-7+. The van der Waals surface area contributed by atoms with Gasteiger partial charge in [0.05, 0.1) is 19.5 Å². The molecule has 0 unspecified atom stereocenters. The number of rotatable bonds is 20. The highest BCUT2D eigenvalue weighted by molar-refractivity contribution is 7.23. The molecule has 4 heterocycles. The summed E-state index contributed by atoms with van der Waals surface area (Å²) >= 11 is 5.50. The number of carbonyl (C=O) groups excluding carboxylic acids is 5. The lowest BCUT2D eigenvalue weighted by Crippen LogP contribution is -2.05. The number of carboxylic acid groups (broad SMARTS) is 3. The Bertz CT molecular complexity index is 6830. The first-order valence-corrected chi connectivity index (χ1v) is 42.4. The van der Waals surface area contributed by atoms with Gasteiger partial charge >= 0.3 is 17.9 Å². The predicted molar refractivity (Wildman–Crippen MR) is 503 cm³/mol. The number of fused-ring (bicyclic) bond motifs is 4. The molecule has 0 bridgehead atoms. The predicted octanol–water partition coefficient (Wildman–Crippen LogP) is 25.4. The van der Waals surface area contributed by atoms with E-state index in [4.69, 9.17) is 15.3 Å². The van der Waals surface area contributed by atoms with E-state index < -0.39 is 17.9 Å².